The molecule has 0 saturated carbocycles. The number of hydrogen-bond donors (Lipinski definition) is 1. The molecule has 0 aliphatic heterocycles. The second kappa shape index (κ2) is 5.17. The smallest absolute Gasteiger partial charge is 0.146 e. The molecule has 1 heterocycles. The van der Waals surface area contributed by atoms with Gasteiger partial charge >= 0.3 is 0 Å². The molecule has 1 unspecified atom stereocenters. The molecule has 0 aliphatic rings. The standard InChI is InChI=1S/C13H13ClFNS/c1-2-8-6-7-11(17-8)13(16)9-4-3-5-10(14)12(9)15/h3-7,13H,2,16H2,1H3. The van der Waals surface area contributed by atoms with E-state index >= 15 is 0 Å². The highest BCUT2D eigenvalue weighted by Crippen LogP contribution is 2.30. The Labute approximate surface area is 109 Å². The van der Waals surface area contributed by atoms with Crippen LogP contribution in [0.3, 0.4) is 0 Å². The number of aryl methyl sites for hydroxylation is 1. The highest BCUT2D eigenvalue weighted by atomic mass is 35.5. The van der Waals surface area contributed by atoms with Crippen LogP contribution < -0.4 is 5.73 Å². The van der Waals surface area contributed by atoms with Crippen molar-refractivity contribution in [1.29, 1.82) is 0 Å². The van der Waals surface area contributed by atoms with Crippen molar-refractivity contribution in [2.75, 3.05) is 0 Å². The number of thiophene rings is 1. The predicted octanol–water partition coefficient (Wildman–Crippen LogP) is 4.15. The molecular weight excluding hydrogens is 257 g/mol. The molecule has 0 aliphatic carbocycles. The Bertz CT molecular complexity index is 524. The molecule has 0 spiro atoms. The van der Waals surface area contributed by atoms with E-state index in [1.165, 1.54) is 10.9 Å². The van der Waals surface area contributed by atoms with E-state index in [4.69, 9.17) is 17.3 Å². The number of halogens is 2. The molecule has 17 heavy (non-hydrogen) atoms. The van der Waals surface area contributed by atoms with Crippen LogP contribution in [-0.2, 0) is 6.42 Å². The van der Waals surface area contributed by atoms with Crippen molar-refractivity contribution < 1.29 is 4.39 Å². The third-order valence-electron chi connectivity index (χ3n) is 2.65. The van der Waals surface area contributed by atoms with E-state index in [1.54, 1.807) is 23.5 Å². The van der Waals surface area contributed by atoms with Gasteiger partial charge in [-0.2, -0.15) is 0 Å². The van der Waals surface area contributed by atoms with Crippen LogP contribution >= 0.6 is 22.9 Å². The van der Waals surface area contributed by atoms with Crippen LogP contribution in [0, 0.1) is 5.82 Å². The van der Waals surface area contributed by atoms with E-state index in [9.17, 15) is 4.39 Å². The summed E-state index contributed by atoms with van der Waals surface area (Å²) in [5.74, 6) is -0.423. The first-order chi connectivity index (χ1) is 8.13. The Hall–Kier alpha value is -0.900. The third kappa shape index (κ3) is 2.51. The highest BCUT2D eigenvalue weighted by Gasteiger charge is 2.16. The summed E-state index contributed by atoms with van der Waals surface area (Å²) < 4.78 is 13.8. The van der Waals surface area contributed by atoms with Crippen LogP contribution in [0.1, 0.15) is 28.3 Å². The average Bonchev–Trinajstić information content (AvgIpc) is 2.80. The van der Waals surface area contributed by atoms with E-state index in [1.807, 2.05) is 12.1 Å². The van der Waals surface area contributed by atoms with Gasteiger partial charge in [0.1, 0.15) is 5.82 Å². The highest BCUT2D eigenvalue weighted by molar-refractivity contribution is 7.12. The second-order valence-electron chi connectivity index (χ2n) is 3.78. The Morgan fingerprint density at radius 3 is 2.76 bits per heavy atom. The van der Waals surface area contributed by atoms with Crippen molar-refractivity contribution in [3.63, 3.8) is 0 Å². The number of rotatable bonds is 3. The van der Waals surface area contributed by atoms with Gasteiger partial charge in [0.05, 0.1) is 11.1 Å². The predicted molar refractivity (Wildman–Crippen MR) is 71.1 cm³/mol. The lowest BCUT2D eigenvalue weighted by Gasteiger charge is -2.11. The molecule has 1 aromatic heterocycles. The van der Waals surface area contributed by atoms with E-state index in [0.29, 0.717) is 5.56 Å². The van der Waals surface area contributed by atoms with Gasteiger partial charge in [0.2, 0.25) is 0 Å². The summed E-state index contributed by atoms with van der Waals surface area (Å²) in [5, 5.41) is 0.116. The first-order valence-electron chi connectivity index (χ1n) is 5.41. The second-order valence-corrected chi connectivity index (χ2v) is 5.39. The molecule has 0 saturated heterocycles. The van der Waals surface area contributed by atoms with Gasteiger partial charge in [-0.15, -0.1) is 11.3 Å². The zero-order valence-electron chi connectivity index (χ0n) is 9.41. The lowest BCUT2D eigenvalue weighted by Crippen LogP contribution is -2.12. The lowest BCUT2D eigenvalue weighted by atomic mass is 10.1. The Balaban J connectivity index is 2.36. The Morgan fingerprint density at radius 2 is 2.12 bits per heavy atom. The van der Waals surface area contributed by atoms with Crippen molar-refractivity contribution in [3.8, 4) is 0 Å². The SMILES string of the molecule is CCc1ccc(C(N)c2cccc(Cl)c2F)s1. The quantitative estimate of drug-likeness (QED) is 0.890. The summed E-state index contributed by atoms with van der Waals surface area (Å²) >= 11 is 7.37. The van der Waals surface area contributed by atoms with E-state index in [-0.39, 0.29) is 5.02 Å². The van der Waals surface area contributed by atoms with E-state index < -0.39 is 11.9 Å². The summed E-state index contributed by atoms with van der Waals surface area (Å²) in [4.78, 5) is 2.21. The first kappa shape index (κ1) is 12.6. The van der Waals surface area contributed by atoms with Crippen molar-refractivity contribution in [2.24, 2.45) is 5.73 Å². The molecule has 2 rings (SSSR count). The summed E-state index contributed by atoms with van der Waals surface area (Å²) in [6, 6.07) is 8.46. The van der Waals surface area contributed by atoms with Gasteiger partial charge in [-0.1, -0.05) is 30.7 Å². The van der Waals surface area contributed by atoms with Gasteiger partial charge in [0.25, 0.3) is 0 Å². The monoisotopic (exact) mass is 269 g/mol. The number of nitrogens with two attached hydrogens (primary N) is 1. The molecule has 2 aromatic rings. The molecule has 4 heteroatoms. The van der Waals surface area contributed by atoms with Crippen molar-refractivity contribution in [3.05, 3.63) is 56.5 Å². The van der Waals surface area contributed by atoms with Gasteiger partial charge in [-0.05, 0) is 24.6 Å². The summed E-state index contributed by atoms with van der Waals surface area (Å²) in [6.07, 6.45) is 0.968. The van der Waals surface area contributed by atoms with Crippen LogP contribution in [0.4, 0.5) is 4.39 Å². The van der Waals surface area contributed by atoms with Crippen LogP contribution in [-0.4, -0.2) is 0 Å². The van der Waals surface area contributed by atoms with Crippen molar-refractivity contribution in [1.82, 2.24) is 0 Å². The van der Waals surface area contributed by atoms with E-state index in [2.05, 4.69) is 6.92 Å². The molecule has 1 aromatic carbocycles. The van der Waals surface area contributed by atoms with Gasteiger partial charge in [-0.25, -0.2) is 4.39 Å². The average molecular weight is 270 g/mol. The van der Waals surface area contributed by atoms with Crippen molar-refractivity contribution >= 4 is 22.9 Å². The summed E-state index contributed by atoms with van der Waals surface area (Å²) in [5.41, 5.74) is 6.51. The fourth-order valence-corrected chi connectivity index (χ4v) is 2.82. The minimum atomic E-state index is -0.445. The fraction of sp³-hybridized carbons (Fsp3) is 0.231. The zero-order chi connectivity index (χ0) is 12.4. The minimum Gasteiger partial charge on any atom is -0.320 e. The Morgan fingerprint density at radius 1 is 1.35 bits per heavy atom. The molecule has 0 fully saturated rings. The van der Waals surface area contributed by atoms with Gasteiger partial charge < -0.3 is 5.73 Å². The van der Waals surface area contributed by atoms with Crippen LogP contribution in [0.25, 0.3) is 0 Å². The molecule has 1 atom stereocenters. The van der Waals surface area contributed by atoms with Crippen molar-refractivity contribution in [2.45, 2.75) is 19.4 Å². The van der Waals surface area contributed by atoms with Gasteiger partial charge in [-0.3, -0.25) is 0 Å². The van der Waals surface area contributed by atoms with Gasteiger partial charge in [0, 0.05) is 15.3 Å². The summed E-state index contributed by atoms with van der Waals surface area (Å²) in [6.45, 7) is 2.08. The maximum absolute atomic E-state index is 13.8. The normalized spacial score (nSPS) is 12.7. The maximum atomic E-state index is 13.8. The topological polar surface area (TPSA) is 26.0 Å². The minimum absolute atomic E-state index is 0.116. The van der Waals surface area contributed by atoms with Gasteiger partial charge in [0.15, 0.2) is 0 Å². The van der Waals surface area contributed by atoms with Crippen LogP contribution in [0.5, 0.6) is 0 Å². The summed E-state index contributed by atoms with van der Waals surface area (Å²) in [7, 11) is 0. The third-order valence-corrected chi connectivity index (χ3v) is 4.26. The first-order valence-corrected chi connectivity index (χ1v) is 6.61. The Kier molecular flexibility index (Phi) is 3.82. The number of benzene rings is 1. The molecule has 0 bridgehead atoms. The molecule has 90 valence electrons. The molecule has 1 nitrogen and oxygen atoms in total. The zero-order valence-corrected chi connectivity index (χ0v) is 11.0. The lowest BCUT2D eigenvalue weighted by molar-refractivity contribution is 0.601. The molecule has 0 radical (unpaired) electrons. The number of hydrogen-bond acceptors (Lipinski definition) is 2. The molecular formula is C13H13ClFNS. The molecule has 0 amide bonds. The molecule has 2 N–H and O–H groups in total. The fourth-order valence-electron chi connectivity index (χ4n) is 1.67. The van der Waals surface area contributed by atoms with Crippen LogP contribution in [0.2, 0.25) is 5.02 Å². The van der Waals surface area contributed by atoms with Crippen LogP contribution in [0.15, 0.2) is 30.3 Å². The largest absolute Gasteiger partial charge is 0.320 e. The van der Waals surface area contributed by atoms with E-state index in [0.717, 1.165) is 11.3 Å². The maximum Gasteiger partial charge on any atom is 0.146 e.